The molecule has 138 valence electrons. The first-order valence-corrected chi connectivity index (χ1v) is 8.41. The number of rotatable bonds is 7. The number of halogens is 1. The van der Waals surface area contributed by atoms with Crippen molar-refractivity contribution in [1.29, 1.82) is 0 Å². The third-order valence-electron chi connectivity index (χ3n) is 3.76. The second-order valence-corrected chi connectivity index (χ2v) is 6.36. The third kappa shape index (κ3) is 5.58. The highest BCUT2D eigenvalue weighted by atomic mass is 19.1. The van der Waals surface area contributed by atoms with Crippen LogP contribution in [0.4, 0.5) is 10.1 Å². The number of carbonyl (C=O) groups excluding carboxylic acids is 2. The molecular formula is C20H23FN2O3. The van der Waals surface area contributed by atoms with Crippen LogP contribution in [-0.4, -0.2) is 24.5 Å². The van der Waals surface area contributed by atoms with Crippen molar-refractivity contribution in [2.24, 2.45) is 5.92 Å². The molecule has 0 aliphatic carbocycles. The molecular weight excluding hydrogens is 335 g/mol. The smallest absolute Gasteiger partial charge is 0.258 e. The number of amides is 2. The van der Waals surface area contributed by atoms with Crippen LogP contribution < -0.4 is 15.4 Å². The summed E-state index contributed by atoms with van der Waals surface area (Å²) in [6.45, 7) is 5.20. The first-order valence-electron chi connectivity index (χ1n) is 8.41. The molecule has 0 unspecified atom stereocenters. The number of anilines is 1. The van der Waals surface area contributed by atoms with E-state index in [4.69, 9.17) is 4.74 Å². The minimum Gasteiger partial charge on any atom is -0.484 e. The predicted molar refractivity (Wildman–Crippen MR) is 98.5 cm³/mol. The third-order valence-corrected chi connectivity index (χ3v) is 3.76. The summed E-state index contributed by atoms with van der Waals surface area (Å²) in [7, 11) is 0. The fraction of sp³-hybridized carbons (Fsp3) is 0.300. The van der Waals surface area contributed by atoms with Crippen molar-refractivity contribution in [3.8, 4) is 5.75 Å². The molecule has 2 N–H and O–H groups in total. The van der Waals surface area contributed by atoms with Gasteiger partial charge < -0.3 is 15.4 Å². The standard InChI is InChI=1S/C20H23FN2O3/c1-13(2)19(20(25)22-17-11-14(3)9-10-16(17)21)23-18(24)12-26-15-7-5-4-6-8-15/h4-11,13,19H,12H2,1-3H3,(H,22,25)(H,23,24)/t19-/m0/s1. The zero-order valence-electron chi connectivity index (χ0n) is 15.1. The quantitative estimate of drug-likeness (QED) is 0.798. The van der Waals surface area contributed by atoms with E-state index in [-0.39, 0.29) is 18.2 Å². The lowest BCUT2D eigenvalue weighted by atomic mass is 10.0. The molecule has 0 fully saturated rings. The van der Waals surface area contributed by atoms with Crippen LogP contribution in [-0.2, 0) is 9.59 Å². The number of para-hydroxylation sites is 1. The first kappa shape index (κ1) is 19.4. The molecule has 0 spiro atoms. The topological polar surface area (TPSA) is 67.4 Å². The molecule has 0 saturated heterocycles. The van der Waals surface area contributed by atoms with E-state index in [1.54, 1.807) is 57.2 Å². The highest BCUT2D eigenvalue weighted by Crippen LogP contribution is 2.17. The minimum absolute atomic E-state index is 0.0930. The summed E-state index contributed by atoms with van der Waals surface area (Å²) in [5.74, 6) is -1.03. The molecule has 0 aromatic heterocycles. The lowest BCUT2D eigenvalue weighted by Gasteiger charge is -2.22. The van der Waals surface area contributed by atoms with Gasteiger partial charge in [-0.1, -0.05) is 38.1 Å². The van der Waals surface area contributed by atoms with Crippen LogP contribution in [0.15, 0.2) is 48.5 Å². The highest BCUT2D eigenvalue weighted by Gasteiger charge is 2.25. The normalized spacial score (nSPS) is 11.7. The van der Waals surface area contributed by atoms with Gasteiger partial charge in [-0.3, -0.25) is 9.59 Å². The summed E-state index contributed by atoms with van der Waals surface area (Å²) in [4.78, 5) is 24.6. The fourth-order valence-electron chi connectivity index (χ4n) is 2.36. The summed E-state index contributed by atoms with van der Waals surface area (Å²) in [5.41, 5.74) is 0.915. The summed E-state index contributed by atoms with van der Waals surface area (Å²) >= 11 is 0. The largest absolute Gasteiger partial charge is 0.484 e. The van der Waals surface area contributed by atoms with E-state index in [1.807, 2.05) is 6.07 Å². The molecule has 0 saturated carbocycles. The van der Waals surface area contributed by atoms with Gasteiger partial charge in [0.1, 0.15) is 17.6 Å². The molecule has 0 aliphatic rings. The Morgan fingerprint density at radius 1 is 1.12 bits per heavy atom. The molecule has 0 radical (unpaired) electrons. The van der Waals surface area contributed by atoms with Gasteiger partial charge in [0, 0.05) is 0 Å². The van der Waals surface area contributed by atoms with Crippen LogP contribution in [0.1, 0.15) is 19.4 Å². The van der Waals surface area contributed by atoms with Crippen LogP contribution >= 0.6 is 0 Å². The van der Waals surface area contributed by atoms with E-state index in [0.717, 1.165) is 5.56 Å². The van der Waals surface area contributed by atoms with Crippen molar-refractivity contribution in [2.45, 2.75) is 26.8 Å². The van der Waals surface area contributed by atoms with Gasteiger partial charge in [0.2, 0.25) is 5.91 Å². The number of hydrogen-bond acceptors (Lipinski definition) is 3. The number of carbonyl (C=O) groups is 2. The Morgan fingerprint density at radius 2 is 1.81 bits per heavy atom. The maximum Gasteiger partial charge on any atom is 0.258 e. The van der Waals surface area contributed by atoms with E-state index in [0.29, 0.717) is 5.75 Å². The molecule has 1 atom stereocenters. The monoisotopic (exact) mass is 358 g/mol. The lowest BCUT2D eigenvalue weighted by Crippen LogP contribution is -2.48. The predicted octanol–water partition coefficient (Wildman–Crippen LogP) is 3.29. The van der Waals surface area contributed by atoms with E-state index in [9.17, 15) is 14.0 Å². The molecule has 0 heterocycles. The van der Waals surface area contributed by atoms with Gasteiger partial charge in [-0.05, 0) is 42.7 Å². The molecule has 2 aromatic rings. The second kappa shape index (κ2) is 8.99. The second-order valence-electron chi connectivity index (χ2n) is 6.36. The van der Waals surface area contributed by atoms with Crippen molar-refractivity contribution in [3.63, 3.8) is 0 Å². The molecule has 0 bridgehead atoms. The minimum atomic E-state index is -0.804. The van der Waals surface area contributed by atoms with Crippen molar-refractivity contribution in [1.82, 2.24) is 5.32 Å². The van der Waals surface area contributed by atoms with Gasteiger partial charge in [-0.25, -0.2) is 4.39 Å². The Bertz CT molecular complexity index is 763. The van der Waals surface area contributed by atoms with Gasteiger partial charge in [0.15, 0.2) is 6.61 Å². The van der Waals surface area contributed by atoms with Crippen LogP contribution in [0.5, 0.6) is 5.75 Å². The Kier molecular flexibility index (Phi) is 6.72. The van der Waals surface area contributed by atoms with E-state index < -0.39 is 23.7 Å². The Hall–Kier alpha value is -2.89. The molecule has 2 amide bonds. The Morgan fingerprint density at radius 3 is 2.46 bits per heavy atom. The number of aryl methyl sites for hydroxylation is 1. The zero-order valence-corrected chi connectivity index (χ0v) is 15.1. The highest BCUT2D eigenvalue weighted by molar-refractivity contribution is 5.97. The molecule has 0 aliphatic heterocycles. The van der Waals surface area contributed by atoms with Gasteiger partial charge in [-0.2, -0.15) is 0 Å². The number of hydrogen-bond donors (Lipinski definition) is 2. The molecule has 2 aromatic carbocycles. The maximum absolute atomic E-state index is 13.8. The summed E-state index contributed by atoms with van der Waals surface area (Å²) in [6.07, 6.45) is 0. The SMILES string of the molecule is Cc1ccc(F)c(NC(=O)[C@@H](NC(=O)COc2ccccc2)C(C)C)c1. The molecule has 26 heavy (non-hydrogen) atoms. The molecule has 2 rings (SSSR count). The number of ether oxygens (including phenoxy) is 1. The summed E-state index contributed by atoms with van der Waals surface area (Å²) in [6, 6.07) is 12.6. The summed E-state index contributed by atoms with van der Waals surface area (Å²) < 4.78 is 19.2. The summed E-state index contributed by atoms with van der Waals surface area (Å²) in [5, 5.41) is 5.18. The van der Waals surface area contributed by atoms with Crippen LogP contribution in [0, 0.1) is 18.7 Å². The van der Waals surface area contributed by atoms with E-state index in [1.165, 1.54) is 6.07 Å². The van der Waals surface area contributed by atoms with E-state index >= 15 is 0 Å². The van der Waals surface area contributed by atoms with Crippen molar-refractivity contribution >= 4 is 17.5 Å². The van der Waals surface area contributed by atoms with Crippen LogP contribution in [0.25, 0.3) is 0 Å². The molecule has 5 nitrogen and oxygen atoms in total. The maximum atomic E-state index is 13.8. The average Bonchev–Trinajstić information content (AvgIpc) is 2.61. The van der Waals surface area contributed by atoms with Crippen molar-refractivity contribution in [2.75, 3.05) is 11.9 Å². The van der Waals surface area contributed by atoms with Gasteiger partial charge in [0.05, 0.1) is 5.69 Å². The number of benzene rings is 2. The number of nitrogens with one attached hydrogen (secondary N) is 2. The van der Waals surface area contributed by atoms with Crippen LogP contribution in [0.2, 0.25) is 0 Å². The first-order chi connectivity index (χ1) is 12.4. The van der Waals surface area contributed by atoms with Crippen molar-refractivity contribution in [3.05, 3.63) is 59.9 Å². The Balaban J connectivity index is 1.97. The lowest BCUT2D eigenvalue weighted by molar-refractivity contribution is -0.128. The average molecular weight is 358 g/mol. The Labute approximate surface area is 152 Å². The van der Waals surface area contributed by atoms with Gasteiger partial charge in [0.25, 0.3) is 5.91 Å². The molecule has 6 heteroatoms. The van der Waals surface area contributed by atoms with Crippen molar-refractivity contribution < 1.29 is 18.7 Å². The van der Waals surface area contributed by atoms with Gasteiger partial charge in [-0.15, -0.1) is 0 Å². The zero-order chi connectivity index (χ0) is 19.1. The fourth-order valence-corrected chi connectivity index (χ4v) is 2.36. The van der Waals surface area contributed by atoms with Gasteiger partial charge >= 0.3 is 0 Å². The van der Waals surface area contributed by atoms with E-state index in [2.05, 4.69) is 10.6 Å². The van der Waals surface area contributed by atoms with Crippen LogP contribution in [0.3, 0.4) is 0 Å².